The first-order valence-electron chi connectivity index (χ1n) is 6.93. The van der Waals surface area contributed by atoms with Gasteiger partial charge in [0.2, 0.25) is 5.91 Å². The van der Waals surface area contributed by atoms with Crippen LogP contribution < -0.4 is 5.32 Å². The number of carbonyl (C=O) groups excluding carboxylic acids is 1. The van der Waals surface area contributed by atoms with Crippen LogP contribution in [-0.2, 0) is 16.7 Å². The molecule has 0 aliphatic carbocycles. The summed E-state index contributed by atoms with van der Waals surface area (Å²) in [6.45, 7) is 1.75. The quantitative estimate of drug-likeness (QED) is 0.797. The topological polar surface area (TPSA) is 29.1 Å². The second kappa shape index (κ2) is 7.88. The molecule has 1 aromatic heterocycles. The fourth-order valence-electron chi connectivity index (χ4n) is 1.97. The smallest absolute Gasteiger partial charge is 0.349 e. The molecule has 23 heavy (non-hydrogen) atoms. The molecule has 2 nitrogen and oxygen atoms in total. The summed E-state index contributed by atoms with van der Waals surface area (Å²) in [6, 6.07) is 8.51. The third kappa shape index (κ3) is 5.58. The first kappa shape index (κ1) is 17.9. The largest absolute Gasteiger partial charge is 0.416 e. The van der Waals surface area contributed by atoms with Crippen LogP contribution in [0.3, 0.4) is 0 Å². The molecule has 0 saturated carbocycles. The van der Waals surface area contributed by atoms with Gasteiger partial charge in [0.1, 0.15) is 0 Å². The summed E-state index contributed by atoms with van der Waals surface area (Å²) < 4.78 is 37.5. The van der Waals surface area contributed by atoms with Crippen LogP contribution >= 0.6 is 23.1 Å². The predicted octanol–water partition coefficient (Wildman–Crippen LogP) is 4.88. The predicted molar refractivity (Wildman–Crippen MR) is 88.5 cm³/mol. The van der Waals surface area contributed by atoms with Crippen LogP contribution in [0.5, 0.6) is 0 Å². The molecule has 0 aliphatic heterocycles. The second-order valence-electron chi connectivity index (χ2n) is 4.98. The van der Waals surface area contributed by atoms with Crippen molar-refractivity contribution in [2.45, 2.75) is 24.9 Å². The highest BCUT2D eigenvalue weighted by Gasteiger charge is 2.30. The minimum atomic E-state index is -4.34. The van der Waals surface area contributed by atoms with Crippen LogP contribution in [0.25, 0.3) is 0 Å². The fourth-order valence-corrected chi connectivity index (χ4v) is 3.65. The number of thiophene rings is 1. The Morgan fingerprint density at radius 3 is 2.52 bits per heavy atom. The van der Waals surface area contributed by atoms with E-state index >= 15 is 0 Å². The Kier molecular flexibility index (Phi) is 6.12. The van der Waals surface area contributed by atoms with E-state index in [-0.39, 0.29) is 11.9 Å². The average molecular weight is 359 g/mol. The number of amides is 1. The Bertz CT molecular complexity index is 624. The van der Waals surface area contributed by atoms with Crippen LogP contribution in [0.1, 0.15) is 29.0 Å². The van der Waals surface area contributed by atoms with Gasteiger partial charge in [-0.05, 0) is 36.1 Å². The van der Waals surface area contributed by atoms with Crippen LogP contribution in [0.15, 0.2) is 41.8 Å². The van der Waals surface area contributed by atoms with E-state index in [2.05, 4.69) is 5.32 Å². The van der Waals surface area contributed by atoms with Crippen LogP contribution in [0, 0.1) is 0 Å². The zero-order valence-corrected chi connectivity index (χ0v) is 14.0. The Morgan fingerprint density at radius 2 is 1.96 bits per heavy atom. The molecule has 0 saturated heterocycles. The molecule has 7 heteroatoms. The summed E-state index contributed by atoms with van der Waals surface area (Å²) >= 11 is 3.16. The maximum Gasteiger partial charge on any atom is 0.416 e. The minimum Gasteiger partial charge on any atom is -0.349 e. The van der Waals surface area contributed by atoms with Crippen LogP contribution in [0.2, 0.25) is 0 Å². The summed E-state index contributed by atoms with van der Waals surface area (Å²) in [5, 5.41) is 4.79. The van der Waals surface area contributed by atoms with E-state index in [1.807, 2.05) is 17.5 Å². The lowest BCUT2D eigenvalue weighted by Crippen LogP contribution is -2.28. The number of halogens is 3. The third-order valence-corrected chi connectivity index (χ3v) is 5.21. The molecule has 0 fully saturated rings. The van der Waals surface area contributed by atoms with Gasteiger partial charge in [-0.2, -0.15) is 13.2 Å². The molecule has 0 unspecified atom stereocenters. The van der Waals surface area contributed by atoms with Gasteiger partial charge < -0.3 is 5.32 Å². The number of nitrogens with one attached hydrogen (secondary N) is 1. The van der Waals surface area contributed by atoms with Crippen molar-refractivity contribution < 1.29 is 18.0 Å². The number of thioether (sulfide) groups is 1. The van der Waals surface area contributed by atoms with Gasteiger partial charge in [-0.15, -0.1) is 23.1 Å². The van der Waals surface area contributed by atoms with Crippen molar-refractivity contribution in [2.75, 3.05) is 5.75 Å². The van der Waals surface area contributed by atoms with Crippen molar-refractivity contribution in [3.05, 3.63) is 57.8 Å². The van der Waals surface area contributed by atoms with E-state index in [4.69, 9.17) is 0 Å². The second-order valence-corrected chi connectivity index (χ2v) is 7.00. The van der Waals surface area contributed by atoms with Gasteiger partial charge in [-0.3, -0.25) is 4.79 Å². The molecular weight excluding hydrogens is 343 g/mol. The van der Waals surface area contributed by atoms with E-state index in [1.165, 1.54) is 28.8 Å². The highest BCUT2D eigenvalue weighted by Crippen LogP contribution is 2.29. The first-order valence-corrected chi connectivity index (χ1v) is 8.96. The number of carbonyl (C=O) groups is 1. The van der Waals surface area contributed by atoms with Crippen molar-refractivity contribution in [3.8, 4) is 0 Å². The fraction of sp³-hybridized carbons (Fsp3) is 0.312. The number of hydrogen-bond acceptors (Lipinski definition) is 3. The van der Waals surface area contributed by atoms with Gasteiger partial charge >= 0.3 is 6.18 Å². The van der Waals surface area contributed by atoms with Gasteiger partial charge in [0.05, 0.1) is 17.4 Å². The van der Waals surface area contributed by atoms with E-state index in [0.717, 1.165) is 17.9 Å². The molecular formula is C16H16F3NOS2. The molecule has 0 spiro atoms. The number of benzene rings is 1. The van der Waals surface area contributed by atoms with Crippen LogP contribution in [-0.4, -0.2) is 11.7 Å². The van der Waals surface area contributed by atoms with Gasteiger partial charge in [0.15, 0.2) is 0 Å². The van der Waals surface area contributed by atoms with Gasteiger partial charge in [-0.1, -0.05) is 18.2 Å². The zero-order chi connectivity index (χ0) is 16.9. The summed E-state index contributed by atoms with van der Waals surface area (Å²) in [6.07, 6.45) is -4.34. The number of alkyl halides is 3. The van der Waals surface area contributed by atoms with E-state index in [0.29, 0.717) is 11.3 Å². The maximum absolute atomic E-state index is 12.5. The summed E-state index contributed by atoms with van der Waals surface area (Å²) in [5.74, 6) is 0.974. The Balaban J connectivity index is 1.81. The number of rotatable bonds is 6. The van der Waals surface area contributed by atoms with Crippen molar-refractivity contribution in [3.63, 3.8) is 0 Å². The molecule has 2 rings (SSSR count). The average Bonchev–Trinajstić information content (AvgIpc) is 2.99. The lowest BCUT2D eigenvalue weighted by atomic mass is 10.1. The number of hydrogen-bond donors (Lipinski definition) is 1. The van der Waals surface area contributed by atoms with Gasteiger partial charge in [0.25, 0.3) is 0 Å². The summed E-state index contributed by atoms with van der Waals surface area (Å²) in [4.78, 5) is 13.1. The Morgan fingerprint density at radius 1 is 1.26 bits per heavy atom. The zero-order valence-electron chi connectivity index (χ0n) is 12.4. The lowest BCUT2D eigenvalue weighted by molar-refractivity contribution is -0.137. The molecule has 1 atom stereocenters. The monoisotopic (exact) mass is 359 g/mol. The Labute approximate surface area is 141 Å². The summed E-state index contributed by atoms with van der Waals surface area (Å²) in [7, 11) is 0. The molecule has 1 aromatic carbocycles. The Hall–Kier alpha value is -1.47. The first-order chi connectivity index (χ1) is 10.9. The molecule has 1 amide bonds. The molecule has 1 N–H and O–H groups in total. The third-order valence-electron chi connectivity index (χ3n) is 3.17. The molecule has 0 aliphatic rings. The van der Waals surface area contributed by atoms with E-state index in [9.17, 15) is 18.0 Å². The standard InChI is InChI=1S/C16H16F3NOS2/c1-11(12-4-6-13(7-5-12)16(17,18)19)20-15(21)10-22-9-14-3-2-8-23-14/h2-8,11H,9-10H2,1H3,(H,20,21)/t11-/m0/s1. The highest BCUT2D eigenvalue weighted by atomic mass is 32.2. The van der Waals surface area contributed by atoms with Crippen molar-refractivity contribution >= 4 is 29.0 Å². The molecule has 124 valence electrons. The van der Waals surface area contributed by atoms with Gasteiger partial charge in [-0.25, -0.2) is 0 Å². The summed E-state index contributed by atoms with van der Waals surface area (Å²) in [5.41, 5.74) is -0.0408. The highest BCUT2D eigenvalue weighted by molar-refractivity contribution is 7.99. The normalized spacial score (nSPS) is 12.9. The SMILES string of the molecule is C[C@H](NC(=O)CSCc1cccs1)c1ccc(C(F)(F)F)cc1. The van der Waals surface area contributed by atoms with Crippen molar-refractivity contribution in [1.29, 1.82) is 0 Å². The minimum absolute atomic E-state index is 0.126. The molecule has 0 bridgehead atoms. The van der Waals surface area contributed by atoms with Crippen LogP contribution in [0.4, 0.5) is 13.2 Å². The maximum atomic E-state index is 12.5. The van der Waals surface area contributed by atoms with Crippen molar-refractivity contribution in [2.24, 2.45) is 0 Å². The molecule has 2 aromatic rings. The van der Waals surface area contributed by atoms with Gasteiger partial charge in [0, 0.05) is 10.6 Å². The van der Waals surface area contributed by atoms with E-state index < -0.39 is 11.7 Å². The molecule has 1 heterocycles. The lowest BCUT2D eigenvalue weighted by Gasteiger charge is -2.15. The van der Waals surface area contributed by atoms with E-state index in [1.54, 1.807) is 18.3 Å². The van der Waals surface area contributed by atoms with Crippen molar-refractivity contribution in [1.82, 2.24) is 5.32 Å². The molecule has 0 radical (unpaired) electrons.